The molecule has 1 rings (SSSR count). The molecule has 0 saturated heterocycles. The Morgan fingerprint density at radius 3 is 2.79 bits per heavy atom. The maximum atomic E-state index is 10.4. The minimum Gasteiger partial charge on any atom is -0.258 e. The molecule has 1 aromatic rings. The van der Waals surface area contributed by atoms with E-state index in [2.05, 4.69) is 20.9 Å². The fraction of sp³-hybridized carbons (Fsp3) is 0.444. The first-order chi connectivity index (χ1) is 6.50. The van der Waals surface area contributed by atoms with Gasteiger partial charge in [-0.05, 0) is 12.5 Å². The Balaban J connectivity index is 2.95. The lowest BCUT2D eigenvalue weighted by atomic mass is 10.1. The number of hydrogen-bond acceptors (Lipinski definition) is 3. The summed E-state index contributed by atoms with van der Waals surface area (Å²) in [6.45, 7) is 3.85. The molecule has 76 valence electrons. The molecule has 4 nitrogen and oxygen atoms in total. The van der Waals surface area contributed by atoms with E-state index in [4.69, 9.17) is 0 Å². The van der Waals surface area contributed by atoms with E-state index >= 15 is 0 Å². The number of aromatic nitrogens is 1. The molecule has 0 saturated carbocycles. The van der Waals surface area contributed by atoms with Gasteiger partial charge in [0.2, 0.25) is 0 Å². The average Bonchev–Trinajstić information content (AvgIpc) is 2.07. The maximum absolute atomic E-state index is 10.4. The van der Waals surface area contributed by atoms with Gasteiger partial charge in [0.1, 0.15) is 6.20 Å². The normalized spacial score (nSPS) is 12.5. The molecule has 1 heterocycles. The fourth-order valence-corrected chi connectivity index (χ4v) is 1.47. The van der Waals surface area contributed by atoms with Crippen LogP contribution in [0.1, 0.15) is 18.2 Å². The molecular formula is C9H11BrN2O2. The van der Waals surface area contributed by atoms with Gasteiger partial charge in [-0.3, -0.25) is 15.1 Å². The molecule has 0 N–H and O–H groups in total. The molecule has 0 amide bonds. The number of alkyl halides is 1. The van der Waals surface area contributed by atoms with Crippen molar-refractivity contribution < 1.29 is 4.92 Å². The van der Waals surface area contributed by atoms with Gasteiger partial charge in [-0.15, -0.1) is 0 Å². The summed E-state index contributed by atoms with van der Waals surface area (Å²) in [5.41, 5.74) is 1.82. The third kappa shape index (κ3) is 2.77. The predicted molar refractivity (Wildman–Crippen MR) is 57.7 cm³/mol. The number of aryl methyl sites for hydroxylation is 1. The second-order valence-electron chi connectivity index (χ2n) is 3.20. The average molecular weight is 259 g/mol. The number of rotatable bonds is 3. The molecule has 1 atom stereocenters. The van der Waals surface area contributed by atoms with E-state index in [9.17, 15) is 10.1 Å². The molecule has 0 spiro atoms. The van der Waals surface area contributed by atoms with Crippen molar-refractivity contribution in [2.45, 2.75) is 25.1 Å². The van der Waals surface area contributed by atoms with E-state index in [-0.39, 0.29) is 5.69 Å². The quantitative estimate of drug-likeness (QED) is 0.476. The summed E-state index contributed by atoms with van der Waals surface area (Å²) < 4.78 is 0. The zero-order valence-electron chi connectivity index (χ0n) is 8.03. The third-order valence-electron chi connectivity index (χ3n) is 1.86. The predicted octanol–water partition coefficient (Wildman–Crippen LogP) is 2.62. The van der Waals surface area contributed by atoms with E-state index in [0.29, 0.717) is 4.83 Å². The smallest absolute Gasteiger partial charge is 0.258 e. The molecule has 0 aliphatic rings. The van der Waals surface area contributed by atoms with Gasteiger partial charge < -0.3 is 0 Å². The van der Waals surface area contributed by atoms with Crippen LogP contribution in [0, 0.1) is 17.0 Å². The highest BCUT2D eigenvalue weighted by Crippen LogP contribution is 2.16. The first-order valence-electron chi connectivity index (χ1n) is 4.24. The van der Waals surface area contributed by atoms with Gasteiger partial charge >= 0.3 is 0 Å². The van der Waals surface area contributed by atoms with Crippen LogP contribution in [0.5, 0.6) is 0 Å². The van der Waals surface area contributed by atoms with Crippen LogP contribution in [-0.4, -0.2) is 14.7 Å². The van der Waals surface area contributed by atoms with Gasteiger partial charge in [-0.2, -0.15) is 0 Å². The molecule has 1 aromatic heterocycles. The first-order valence-corrected chi connectivity index (χ1v) is 5.16. The summed E-state index contributed by atoms with van der Waals surface area (Å²) in [4.78, 5) is 14.4. The summed E-state index contributed by atoms with van der Waals surface area (Å²) >= 11 is 3.42. The minimum absolute atomic E-state index is 0.0495. The Kier molecular flexibility index (Phi) is 3.57. The second kappa shape index (κ2) is 4.50. The molecule has 5 heteroatoms. The lowest BCUT2D eigenvalue weighted by Gasteiger charge is -2.05. The van der Waals surface area contributed by atoms with Gasteiger partial charge in [0, 0.05) is 23.0 Å². The molecule has 1 unspecified atom stereocenters. The standard InChI is InChI=1S/C9H11BrN2O2/c1-6-3-8(12(13)14)5-11-9(6)4-7(2)10/h3,5,7H,4H2,1-2H3. The number of pyridine rings is 1. The molecule has 0 fully saturated rings. The zero-order valence-corrected chi connectivity index (χ0v) is 9.61. The largest absolute Gasteiger partial charge is 0.287 e. The Bertz CT molecular complexity index is 353. The van der Waals surface area contributed by atoms with E-state index in [1.165, 1.54) is 6.20 Å². The van der Waals surface area contributed by atoms with Crippen LogP contribution in [-0.2, 0) is 6.42 Å². The Morgan fingerprint density at radius 1 is 1.71 bits per heavy atom. The molecule has 0 radical (unpaired) electrons. The topological polar surface area (TPSA) is 56.0 Å². The van der Waals surface area contributed by atoms with Gasteiger partial charge in [0.25, 0.3) is 5.69 Å². The number of nitro groups is 1. The maximum Gasteiger partial charge on any atom is 0.287 e. The van der Waals surface area contributed by atoms with Crippen LogP contribution < -0.4 is 0 Å². The summed E-state index contributed by atoms with van der Waals surface area (Å²) in [6.07, 6.45) is 2.08. The minimum atomic E-state index is -0.429. The lowest BCUT2D eigenvalue weighted by Crippen LogP contribution is -2.02. The molecule has 0 aliphatic heterocycles. The number of halogens is 1. The van der Waals surface area contributed by atoms with Crippen molar-refractivity contribution >= 4 is 21.6 Å². The highest BCUT2D eigenvalue weighted by Gasteiger charge is 2.10. The van der Waals surface area contributed by atoms with Gasteiger partial charge in [-0.1, -0.05) is 22.9 Å². The fourth-order valence-electron chi connectivity index (χ4n) is 1.17. The molecule has 0 bridgehead atoms. The molecule has 14 heavy (non-hydrogen) atoms. The van der Waals surface area contributed by atoms with Gasteiger partial charge in [0.05, 0.1) is 4.92 Å². The summed E-state index contributed by atoms with van der Waals surface area (Å²) in [5.74, 6) is 0. The molecule has 0 aliphatic carbocycles. The summed E-state index contributed by atoms with van der Waals surface area (Å²) in [7, 11) is 0. The highest BCUT2D eigenvalue weighted by molar-refractivity contribution is 9.09. The molecule has 0 aromatic carbocycles. The Morgan fingerprint density at radius 2 is 2.36 bits per heavy atom. The van der Waals surface area contributed by atoms with Crippen molar-refractivity contribution in [3.8, 4) is 0 Å². The Hall–Kier alpha value is -0.970. The van der Waals surface area contributed by atoms with Crippen LogP contribution in [0.15, 0.2) is 12.3 Å². The van der Waals surface area contributed by atoms with Crippen molar-refractivity contribution in [3.63, 3.8) is 0 Å². The Labute approximate surface area is 90.6 Å². The van der Waals surface area contributed by atoms with Crippen LogP contribution >= 0.6 is 15.9 Å². The van der Waals surface area contributed by atoms with Gasteiger partial charge in [-0.25, -0.2) is 0 Å². The highest BCUT2D eigenvalue weighted by atomic mass is 79.9. The van der Waals surface area contributed by atoms with E-state index < -0.39 is 4.92 Å². The summed E-state index contributed by atoms with van der Waals surface area (Å²) in [5, 5.41) is 10.4. The summed E-state index contributed by atoms with van der Waals surface area (Å²) in [6, 6.07) is 1.55. The van der Waals surface area contributed by atoms with Crippen molar-refractivity contribution in [1.82, 2.24) is 4.98 Å². The van der Waals surface area contributed by atoms with Crippen LogP contribution in [0.25, 0.3) is 0 Å². The van der Waals surface area contributed by atoms with E-state index in [1.807, 2.05) is 13.8 Å². The van der Waals surface area contributed by atoms with Crippen molar-refractivity contribution in [3.05, 3.63) is 33.6 Å². The van der Waals surface area contributed by atoms with Crippen LogP contribution in [0.4, 0.5) is 5.69 Å². The first kappa shape index (κ1) is 11.1. The molecular weight excluding hydrogens is 248 g/mol. The van der Waals surface area contributed by atoms with E-state index in [0.717, 1.165) is 17.7 Å². The van der Waals surface area contributed by atoms with E-state index in [1.54, 1.807) is 6.07 Å². The monoisotopic (exact) mass is 258 g/mol. The van der Waals surface area contributed by atoms with Crippen LogP contribution in [0.3, 0.4) is 0 Å². The van der Waals surface area contributed by atoms with Crippen molar-refractivity contribution in [1.29, 1.82) is 0 Å². The van der Waals surface area contributed by atoms with Gasteiger partial charge in [0.15, 0.2) is 0 Å². The SMILES string of the molecule is Cc1cc([N+](=O)[O-])cnc1CC(C)Br. The van der Waals surface area contributed by atoms with Crippen molar-refractivity contribution in [2.24, 2.45) is 0 Å². The third-order valence-corrected chi connectivity index (χ3v) is 2.18. The number of nitrogens with zero attached hydrogens (tertiary/aromatic N) is 2. The number of hydrogen-bond donors (Lipinski definition) is 0. The second-order valence-corrected chi connectivity index (χ2v) is 4.76. The van der Waals surface area contributed by atoms with Crippen LogP contribution in [0.2, 0.25) is 0 Å². The zero-order chi connectivity index (χ0) is 10.7. The van der Waals surface area contributed by atoms with Crippen molar-refractivity contribution in [2.75, 3.05) is 0 Å². The lowest BCUT2D eigenvalue weighted by molar-refractivity contribution is -0.385.